The Bertz CT molecular complexity index is 957. The van der Waals surface area contributed by atoms with Gasteiger partial charge in [-0.3, -0.25) is 0 Å². The molecule has 4 rings (SSSR count). The number of amides is 1. The molecule has 0 aromatic carbocycles. The van der Waals surface area contributed by atoms with E-state index in [1.807, 2.05) is 32.1 Å². The van der Waals surface area contributed by atoms with Crippen LogP contribution in [0.25, 0.3) is 10.2 Å². The monoisotopic (exact) mass is 459 g/mol. The quantitative estimate of drug-likeness (QED) is 0.532. The van der Waals surface area contributed by atoms with E-state index in [4.69, 9.17) is 9.47 Å². The van der Waals surface area contributed by atoms with Crippen molar-refractivity contribution in [2.45, 2.75) is 116 Å². The zero-order chi connectivity index (χ0) is 22.9. The lowest BCUT2D eigenvalue weighted by molar-refractivity contribution is 0.0355. The Kier molecular flexibility index (Phi) is 6.66. The predicted molar refractivity (Wildman–Crippen MR) is 129 cm³/mol. The van der Waals surface area contributed by atoms with E-state index in [2.05, 4.69) is 29.1 Å². The standard InChI is InChI=1S/C25H37N3O3S/c1-6-8-16-9-10-18-19(16)20-21(26-15-27-22(20)32-18)30-17-11-13-25(7-2,14-12-17)28-23(29)31-24(3,4)5/h15-17H,6-14H2,1-5H3,(H,28,29)/t16-,17?,25?/m0/s1. The van der Waals surface area contributed by atoms with E-state index >= 15 is 0 Å². The molecule has 0 radical (unpaired) electrons. The normalized spacial score (nSPS) is 25.5. The topological polar surface area (TPSA) is 73.3 Å². The summed E-state index contributed by atoms with van der Waals surface area (Å²) in [5, 5.41) is 4.32. The zero-order valence-corrected chi connectivity index (χ0v) is 20.9. The molecule has 0 bridgehead atoms. The third-order valence-corrected chi connectivity index (χ3v) is 8.12. The first-order chi connectivity index (χ1) is 15.2. The SMILES string of the molecule is CCC[C@H]1CCc2sc3ncnc(OC4CCC(CC)(NC(=O)OC(C)(C)C)CC4)c3c21. The van der Waals surface area contributed by atoms with Gasteiger partial charge in [-0.25, -0.2) is 14.8 Å². The van der Waals surface area contributed by atoms with Crippen LogP contribution in [0.3, 0.4) is 0 Å². The van der Waals surface area contributed by atoms with Crippen molar-refractivity contribution in [2.75, 3.05) is 0 Å². The third-order valence-electron chi connectivity index (χ3n) is 6.94. The number of ether oxygens (including phenoxy) is 2. The summed E-state index contributed by atoms with van der Waals surface area (Å²) in [4.78, 5) is 24.1. The van der Waals surface area contributed by atoms with Gasteiger partial charge in [0.1, 0.15) is 22.9 Å². The van der Waals surface area contributed by atoms with Crippen LogP contribution in [-0.4, -0.2) is 33.3 Å². The number of hydrogen-bond acceptors (Lipinski definition) is 6. The molecule has 32 heavy (non-hydrogen) atoms. The van der Waals surface area contributed by atoms with Crippen LogP contribution in [0.2, 0.25) is 0 Å². The summed E-state index contributed by atoms with van der Waals surface area (Å²) in [5.41, 5.74) is 0.737. The van der Waals surface area contributed by atoms with Gasteiger partial charge in [-0.15, -0.1) is 11.3 Å². The predicted octanol–water partition coefficient (Wildman–Crippen LogP) is 6.52. The first-order valence-corrected chi connectivity index (χ1v) is 13.0. The number of aryl methyl sites for hydroxylation is 1. The molecular formula is C25H37N3O3S. The van der Waals surface area contributed by atoms with Gasteiger partial charge >= 0.3 is 6.09 Å². The largest absolute Gasteiger partial charge is 0.474 e. The number of nitrogens with one attached hydrogen (secondary N) is 1. The molecule has 6 nitrogen and oxygen atoms in total. The van der Waals surface area contributed by atoms with Crippen LogP contribution >= 0.6 is 11.3 Å². The van der Waals surface area contributed by atoms with Gasteiger partial charge in [-0.2, -0.15) is 0 Å². The molecule has 176 valence electrons. The molecule has 2 aromatic heterocycles. The summed E-state index contributed by atoms with van der Waals surface area (Å²) in [5.74, 6) is 1.36. The van der Waals surface area contributed by atoms with Crippen molar-refractivity contribution in [3.8, 4) is 5.88 Å². The maximum Gasteiger partial charge on any atom is 0.408 e. The first kappa shape index (κ1) is 23.3. The van der Waals surface area contributed by atoms with Crippen molar-refractivity contribution in [1.82, 2.24) is 15.3 Å². The molecule has 1 N–H and O–H groups in total. The second-order valence-corrected chi connectivity index (χ2v) is 11.5. The van der Waals surface area contributed by atoms with Crippen LogP contribution < -0.4 is 10.1 Å². The lowest BCUT2D eigenvalue weighted by atomic mass is 9.78. The fourth-order valence-corrected chi connectivity index (χ4v) is 6.50. The fourth-order valence-electron chi connectivity index (χ4n) is 5.27. The molecule has 2 aliphatic carbocycles. The van der Waals surface area contributed by atoms with E-state index in [0.717, 1.165) is 54.6 Å². The number of carbonyl (C=O) groups is 1. The Morgan fingerprint density at radius 3 is 2.62 bits per heavy atom. The van der Waals surface area contributed by atoms with Gasteiger partial charge in [-0.1, -0.05) is 20.3 Å². The van der Waals surface area contributed by atoms with Crippen molar-refractivity contribution >= 4 is 27.6 Å². The van der Waals surface area contributed by atoms with E-state index < -0.39 is 5.60 Å². The van der Waals surface area contributed by atoms with Gasteiger partial charge in [0.05, 0.1) is 5.39 Å². The van der Waals surface area contributed by atoms with Gasteiger partial charge in [-0.05, 0) is 83.6 Å². The molecule has 1 atom stereocenters. The lowest BCUT2D eigenvalue weighted by Crippen LogP contribution is -2.52. The van der Waals surface area contributed by atoms with Crippen molar-refractivity contribution in [1.29, 1.82) is 0 Å². The van der Waals surface area contributed by atoms with Gasteiger partial charge in [0.2, 0.25) is 5.88 Å². The van der Waals surface area contributed by atoms with Crippen LogP contribution in [0.15, 0.2) is 6.33 Å². The van der Waals surface area contributed by atoms with Crippen molar-refractivity contribution < 1.29 is 14.3 Å². The summed E-state index contributed by atoms with van der Waals surface area (Å²) in [6.45, 7) is 10.1. The Morgan fingerprint density at radius 1 is 1.22 bits per heavy atom. The van der Waals surface area contributed by atoms with Gasteiger partial charge < -0.3 is 14.8 Å². The summed E-state index contributed by atoms with van der Waals surface area (Å²) >= 11 is 1.81. The molecule has 0 saturated heterocycles. The Balaban J connectivity index is 1.46. The van der Waals surface area contributed by atoms with Gasteiger partial charge in [0.25, 0.3) is 0 Å². The number of hydrogen-bond donors (Lipinski definition) is 1. The summed E-state index contributed by atoms with van der Waals surface area (Å²) in [7, 11) is 0. The third kappa shape index (κ3) is 4.87. The fraction of sp³-hybridized carbons (Fsp3) is 0.720. The van der Waals surface area contributed by atoms with Gasteiger partial charge in [0.15, 0.2) is 0 Å². The molecule has 1 amide bonds. The molecule has 0 spiro atoms. The maximum absolute atomic E-state index is 12.4. The minimum absolute atomic E-state index is 0.106. The van der Waals surface area contributed by atoms with Crippen molar-refractivity contribution in [3.63, 3.8) is 0 Å². The number of thiophene rings is 1. The second kappa shape index (κ2) is 9.16. The number of carbonyl (C=O) groups excluding carboxylic acids is 1. The molecule has 1 saturated carbocycles. The van der Waals surface area contributed by atoms with E-state index in [1.165, 1.54) is 29.7 Å². The molecule has 0 aliphatic heterocycles. The minimum Gasteiger partial charge on any atom is -0.474 e. The smallest absolute Gasteiger partial charge is 0.408 e. The average Bonchev–Trinajstić information content (AvgIpc) is 3.28. The molecule has 0 unspecified atom stereocenters. The first-order valence-electron chi connectivity index (χ1n) is 12.2. The summed E-state index contributed by atoms with van der Waals surface area (Å²) < 4.78 is 12.0. The van der Waals surface area contributed by atoms with E-state index in [1.54, 1.807) is 6.33 Å². The highest BCUT2D eigenvalue weighted by atomic mass is 32.1. The van der Waals surface area contributed by atoms with Crippen molar-refractivity contribution in [3.05, 3.63) is 16.8 Å². The molecule has 7 heteroatoms. The van der Waals surface area contributed by atoms with Crippen molar-refractivity contribution in [2.24, 2.45) is 0 Å². The van der Waals surface area contributed by atoms with E-state index in [0.29, 0.717) is 5.92 Å². The van der Waals surface area contributed by atoms with E-state index in [9.17, 15) is 4.79 Å². The Morgan fingerprint density at radius 2 is 1.97 bits per heavy atom. The highest BCUT2D eigenvalue weighted by Crippen LogP contribution is 2.48. The molecule has 1 fully saturated rings. The second-order valence-electron chi connectivity index (χ2n) is 10.4. The number of nitrogens with zero attached hydrogens (tertiary/aromatic N) is 2. The summed E-state index contributed by atoms with van der Waals surface area (Å²) in [6, 6.07) is 0. The molecule has 2 heterocycles. The van der Waals surface area contributed by atoms with Crippen LogP contribution in [0.5, 0.6) is 5.88 Å². The minimum atomic E-state index is -0.492. The van der Waals surface area contributed by atoms with Crippen LogP contribution in [0.1, 0.15) is 102 Å². The number of fused-ring (bicyclic) bond motifs is 3. The van der Waals surface area contributed by atoms with Crippen LogP contribution in [-0.2, 0) is 11.2 Å². The average molecular weight is 460 g/mol. The van der Waals surface area contributed by atoms with Gasteiger partial charge in [0, 0.05) is 10.4 Å². The summed E-state index contributed by atoms with van der Waals surface area (Å²) in [6.07, 6.45) is 10.6. The van der Waals surface area contributed by atoms with E-state index in [-0.39, 0.29) is 17.7 Å². The Hall–Kier alpha value is -1.89. The number of rotatable bonds is 6. The van der Waals surface area contributed by atoms with Crippen LogP contribution in [0.4, 0.5) is 4.79 Å². The highest BCUT2D eigenvalue weighted by molar-refractivity contribution is 7.19. The highest BCUT2D eigenvalue weighted by Gasteiger charge is 2.38. The number of alkyl carbamates (subject to hydrolysis) is 1. The lowest BCUT2D eigenvalue weighted by Gasteiger charge is -2.40. The molecule has 2 aliphatic rings. The zero-order valence-electron chi connectivity index (χ0n) is 20.1. The number of aromatic nitrogens is 2. The Labute approximate surface area is 195 Å². The van der Waals surface area contributed by atoms with Crippen LogP contribution in [0, 0.1) is 0 Å². The molecular weight excluding hydrogens is 422 g/mol. The molecule has 2 aromatic rings. The maximum atomic E-state index is 12.4.